The third-order valence-electron chi connectivity index (χ3n) is 3.85. The van der Waals surface area contributed by atoms with Crippen LogP contribution in [0.5, 0.6) is 5.75 Å². The molecule has 0 unspecified atom stereocenters. The third-order valence-corrected chi connectivity index (χ3v) is 5.66. The van der Waals surface area contributed by atoms with E-state index in [2.05, 4.69) is 9.97 Å². The lowest BCUT2D eigenvalue weighted by molar-refractivity contribution is 0.413. The van der Waals surface area contributed by atoms with Crippen LogP contribution in [0, 0.1) is 11.3 Å². The molecule has 0 atom stereocenters. The van der Waals surface area contributed by atoms with E-state index in [9.17, 15) is 13.7 Å². The lowest BCUT2D eigenvalue weighted by atomic mass is 10.1. The van der Waals surface area contributed by atoms with Crippen molar-refractivity contribution in [3.05, 3.63) is 54.1 Å². The summed E-state index contributed by atoms with van der Waals surface area (Å²) in [6, 6.07) is 14.2. The van der Waals surface area contributed by atoms with Gasteiger partial charge in [-0.3, -0.25) is 0 Å². The second kappa shape index (κ2) is 6.93. The number of hydrogen-bond acceptors (Lipinski definition) is 8. The van der Waals surface area contributed by atoms with Gasteiger partial charge in [-0.1, -0.05) is 18.2 Å². The van der Waals surface area contributed by atoms with E-state index in [-0.39, 0.29) is 38.4 Å². The maximum atomic E-state index is 13.2. The fourth-order valence-corrected chi connectivity index (χ4v) is 4.07. The van der Waals surface area contributed by atoms with Crippen molar-refractivity contribution in [2.75, 3.05) is 18.6 Å². The molecule has 1 aromatic heterocycles. The van der Waals surface area contributed by atoms with Gasteiger partial charge in [0.05, 0.1) is 22.6 Å². The van der Waals surface area contributed by atoms with Crippen LogP contribution in [0.3, 0.4) is 0 Å². The SMILES string of the molecule is COc1ccc(-c2nc(N)nc(N)c2C#N)c(S(=O)(=O)c2ccccc2)c1. The highest BCUT2D eigenvalue weighted by molar-refractivity contribution is 7.91. The van der Waals surface area contributed by atoms with E-state index in [0.717, 1.165) is 0 Å². The number of hydrogen-bond donors (Lipinski definition) is 2. The largest absolute Gasteiger partial charge is 0.497 e. The van der Waals surface area contributed by atoms with Gasteiger partial charge in [-0.25, -0.2) is 13.4 Å². The van der Waals surface area contributed by atoms with E-state index in [1.807, 2.05) is 6.07 Å². The van der Waals surface area contributed by atoms with Crippen molar-refractivity contribution in [2.24, 2.45) is 0 Å². The first kappa shape index (κ1) is 18.2. The van der Waals surface area contributed by atoms with E-state index in [1.54, 1.807) is 24.3 Å². The molecule has 8 nitrogen and oxygen atoms in total. The highest BCUT2D eigenvalue weighted by Gasteiger charge is 2.26. The molecule has 1 heterocycles. The number of nitrogen functional groups attached to an aromatic ring is 2. The van der Waals surface area contributed by atoms with E-state index < -0.39 is 9.84 Å². The lowest BCUT2D eigenvalue weighted by Gasteiger charge is -2.14. The number of ether oxygens (including phenoxy) is 1. The standard InChI is InChI=1S/C18H15N5O3S/c1-26-11-7-8-13(16-14(10-19)17(20)23-18(21)22-16)15(9-11)27(24,25)12-5-3-2-4-6-12/h2-9H,1H3,(H4,20,21,22,23). The number of benzene rings is 2. The number of aromatic nitrogens is 2. The van der Waals surface area contributed by atoms with Gasteiger partial charge in [0, 0.05) is 5.56 Å². The van der Waals surface area contributed by atoms with Crippen LogP contribution >= 0.6 is 0 Å². The normalized spacial score (nSPS) is 11.0. The van der Waals surface area contributed by atoms with Crippen LogP contribution in [0.2, 0.25) is 0 Å². The highest BCUT2D eigenvalue weighted by Crippen LogP contribution is 2.36. The zero-order chi connectivity index (χ0) is 19.6. The Labute approximate surface area is 156 Å². The molecule has 0 fully saturated rings. The Bertz CT molecular complexity index is 1160. The van der Waals surface area contributed by atoms with Crippen LogP contribution in [-0.2, 0) is 9.84 Å². The van der Waals surface area contributed by atoms with Gasteiger partial charge in [0.2, 0.25) is 15.8 Å². The van der Waals surface area contributed by atoms with Gasteiger partial charge < -0.3 is 16.2 Å². The van der Waals surface area contributed by atoms with Crippen molar-refractivity contribution in [3.8, 4) is 23.1 Å². The number of rotatable bonds is 4. The summed E-state index contributed by atoms with van der Waals surface area (Å²) < 4.78 is 31.6. The van der Waals surface area contributed by atoms with Gasteiger partial charge in [-0.2, -0.15) is 10.2 Å². The maximum Gasteiger partial charge on any atom is 0.222 e. The van der Waals surface area contributed by atoms with Crippen LogP contribution in [0.15, 0.2) is 58.3 Å². The smallest absolute Gasteiger partial charge is 0.222 e. The van der Waals surface area contributed by atoms with E-state index in [4.69, 9.17) is 16.2 Å². The monoisotopic (exact) mass is 381 g/mol. The molecule has 4 N–H and O–H groups in total. The van der Waals surface area contributed by atoms with Crippen molar-refractivity contribution in [1.82, 2.24) is 9.97 Å². The average molecular weight is 381 g/mol. The molecule has 0 bridgehead atoms. The minimum absolute atomic E-state index is 0.0414. The van der Waals surface area contributed by atoms with Crippen molar-refractivity contribution in [1.29, 1.82) is 5.26 Å². The van der Waals surface area contributed by atoms with Crippen LogP contribution in [0.4, 0.5) is 11.8 Å². The minimum Gasteiger partial charge on any atom is -0.497 e. The first-order chi connectivity index (χ1) is 12.9. The molecule has 0 aliphatic rings. The van der Waals surface area contributed by atoms with Crippen LogP contribution in [0.1, 0.15) is 5.56 Å². The van der Waals surface area contributed by atoms with Crippen molar-refractivity contribution in [3.63, 3.8) is 0 Å². The zero-order valence-corrected chi connectivity index (χ0v) is 15.1. The number of sulfone groups is 1. The Morgan fingerprint density at radius 3 is 2.41 bits per heavy atom. The molecule has 0 amide bonds. The molecular weight excluding hydrogens is 366 g/mol. The molecular formula is C18H15N5O3S. The summed E-state index contributed by atoms with van der Waals surface area (Å²) in [6.45, 7) is 0. The number of nitriles is 1. The van der Waals surface area contributed by atoms with Crippen molar-refractivity contribution in [2.45, 2.75) is 9.79 Å². The van der Waals surface area contributed by atoms with Crippen LogP contribution < -0.4 is 16.2 Å². The summed E-state index contributed by atoms with van der Waals surface area (Å²) in [4.78, 5) is 7.83. The summed E-state index contributed by atoms with van der Waals surface area (Å²) in [5.41, 5.74) is 11.6. The number of nitrogens with zero attached hydrogens (tertiary/aromatic N) is 3. The summed E-state index contributed by atoms with van der Waals surface area (Å²) in [5.74, 6) is 0.0426. The minimum atomic E-state index is -3.93. The second-order valence-electron chi connectivity index (χ2n) is 5.48. The Morgan fingerprint density at radius 2 is 1.78 bits per heavy atom. The zero-order valence-electron chi connectivity index (χ0n) is 14.2. The molecule has 0 saturated heterocycles. The quantitative estimate of drug-likeness (QED) is 0.698. The predicted molar refractivity (Wildman–Crippen MR) is 99.5 cm³/mol. The molecule has 9 heteroatoms. The molecule has 0 saturated carbocycles. The third kappa shape index (κ3) is 3.26. The molecule has 0 spiro atoms. The molecule has 0 radical (unpaired) electrons. The molecule has 0 aliphatic heterocycles. The van der Waals surface area contributed by atoms with Crippen molar-refractivity contribution >= 4 is 21.6 Å². The number of nitrogens with two attached hydrogens (primary N) is 2. The Balaban J connectivity index is 2.37. The molecule has 136 valence electrons. The summed E-state index contributed by atoms with van der Waals surface area (Å²) in [5, 5.41) is 9.44. The summed E-state index contributed by atoms with van der Waals surface area (Å²) in [7, 11) is -2.51. The van der Waals surface area contributed by atoms with Crippen LogP contribution in [-0.4, -0.2) is 25.5 Å². The second-order valence-corrected chi connectivity index (χ2v) is 7.40. The van der Waals surface area contributed by atoms with Gasteiger partial charge in [0.1, 0.15) is 23.2 Å². The Hall–Kier alpha value is -3.64. The molecule has 0 aliphatic carbocycles. The van der Waals surface area contributed by atoms with Gasteiger partial charge in [0.15, 0.2) is 0 Å². The van der Waals surface area contributed by atoms with E-state index >= 15 is 0 Å². The fourth-order valence-electron chi connectivity index (χ4n) is 2.58. The maximum absolute atomic E-state index is 13.2. The first-order valence-electron chi connectivity index (χ1n) is 7.70. The predicted octanol–water partition coefficient (Wildman–Crippen LogP) is 2.02. The fraction of sp³-hybridized carbons (Fsp3) is 0.0556. The van der Waals surface area contributed by atoms with E-state index in [1.165, 1.54) is 31.4 Å². The lowest BCUT2D eigenvalue weighted by Crippen LogP contribution is -2.09. The van der Waals surface area contributed by atoms with Gasteiger partial charge in [0.25, 0.3) is 0 Å². The van der Waals surface area contributed by atoms with Gasteiger partial charge in [-0.05, 0) is 30.3 Å². The average Bonchev–Trinajstić information content (AvgIpc) is 2.67. The van der Waals surface area contributed by atoms with Crippen LogP contribution in [0.25, 0.3) is 11.3 Å². The molecule has 3 rings (SSSR count). The van der Waals surface area contributed by atoms with Gasteiger partial charge in [-0.15, -0.1) is 0 Å². The first-order valence-corrected chi connectivity index (χ1v) is 9.18. The molecule has 27 heavy (non-hydrogen) atoms. The summed E-state index contributed by atoms with van der Waals surface area (Å²) in [6.07, 6.45) is 0. The van der Waals surface area contributed by atoms with Crippen molar-refractivity contribution < 1.29 is 13.2 Å². The Morgan fingerprint density at radius 1 is 1.07 bits per heavy atom. The Kier molecular flexibility index (Phi) is 4.66. The summed E-state index contributed by atoms with van der Waals surface area (Å²) >= 11 is 0. The van der Waals surface area contributed by atoms with E-state index in [0.29, 0.717) is 5.75 Å². The number of methoxy groups -OCH3 is 1. The highest BCUT2D eigenvalue weighted by atomic mass is 32.2. The topological polar surface area (TPSA) is 145 Å². The molecule has 2 aromatic carbocycles. The molecule has 3 aromatic rings. The number of anilines is 2. The van der Waals surface area contributed by atoms with Gasteiger partial charge >= 0.3 is 0 Å².